The molecule has 0 saturated heterocycles. The third-order valence-corrected chi connectivity index (χ3v) is 8.63. The Morgan fingerprint density at radius 3 is 2.09 bits per heavy atom. The van der Waals surface area contributed by atoms with Gasteiger partial charge in [-0.3, -0.25) is 13.9 Å². The first-order valence-corrected chi connectivity index (χ1v) is 15.8. The highest BCUT2D eigenvalue weighted by molar-refractivity contribution is 7.92. The fourth-order valence-electron chi connectivity index (χ4n) is 4.49. The number of unbranched alkanes of at least 4 members (excludes halogenated alkanes) is 1. The van der Waals surface area contributed by atoms with Crippen molar-refractivity contribution in [3.05, 3.63) is 84.2 Å². The van der Waals surface area contributed by atoms with E-state index in [1.165, 1.54) is 41.3 Å². The van der Waals surface area contributed by atoms with Crippen molar-refractivity contribution < 1.29 is 31.9 Å². The third kappa shape index (κ3) is 8.93. The molecule has 0 saturated carbocycles. The molecule has 0 aliphatic heterocycles. The van der Waals surface area contributed by atoms with Gasteiger partial charge in [-0.15, -0.1) is 0 Å². The van der Waals surface area contributed by atoms with Gasteiger partial charge in [0.1, 0.15) is 29.9 Å². The summed E-state index contributed by atoms with van der Waals surface area (Å²) in [6.45, 7) is 5.95. The lowest BCUT2D eigenvalue weighted by atomic mass is 10.1. The van der Waals surface area contributed by atoms with E-state index in [0.717, 1.165) is 34.8 Å². The number of ether oxygens (including phenoxy) is 2. The number of amides is 2. The zero-order valence-electron chi connectivity index (χ0n) is 25.1. The van der Waals surface area contributed by atoms with Crippen LogP contribution in [0.15, 0.2) is 77.7 Å². The lowest BCUT2D eigenvalue weighted by Gasteiger charge is -2.33. The molecule has 232 valence electrons. The summed E-state index contributed by atoms with van der Waals surface area (Å²) in [5.41, 5.74) is 0.838. The van der Waals surface area contributed by atoms with E-state index in [1.807, 2.05) is 13.8 Å². The van der Waals surface area contributed by atoms with Gasteiger partial charge in [-0.2, -0.15) is 0 Å². The molecule has 0 aliphatic carbocycles. The average molecular weight is 614 g/mol. The smallest absolute Gasteiger partial charge is 0.264 e. The van der Waals surface area contributed by atoms with E-state index in [2.05, 4.69) is 5.32 Å². The second-order valence-corrected chi connectivity index (χ2v) is 11.7. The van der Waals surface area contributed by atoms with E-state index in [-0.39, 0.29) is 23.0 Å². The Hall–Kier alpha value is -4.12. The molecule has 0 aromatic heterocycles. The first-order valence-electron chi connectivity index (χ1n) is 14.4. The molecule has 1 atom stereocenters. The molecule has 43 heavy (non-hydrogen) atoms. The van der Waals surface area contributed by atoms with Crippen LogP contribution in [-0.2, 0) is 26.2 Å². The maximum Gasteiger partial charge on any atom is 0.264 e. The fourth-order valence-corrected chi connectivity index (χ4v) is 5.91. The monoisotopic (exact) mass is 613 g/mol. The third-order valence-electron chi connectivity index (χ3n) is 6.84. The van der Waals surface area contributed by atoms with Crippen molar-refractivity contribution in [3.8, 4) is 11.5 Å². The molecule has 0 spiro atoms. The predicted octanol–water partition coefficient (Wildman–Crippen LogP) is 5.15. The molecule has 1 N–H and O–H groups in total. The van der Waals surface area contributed by atoms with E-state index in [9.17, 15) is 22.4 Å². The summed E-state index contributed by atoms with van der Waals surface area (Å²) in [6.07, 6.45) is 1.98. The van der Waals surface area contributed by atoms with Crippen LogP contribution in [-0.4, -0.2) is 58.0 Å². The minimum Gasteiger partial charge on any atom is -0.497 e. The summed E-state index contributed by atoms with van der Waals surface area (Å²) in [5, 5.41) is 2.90. The number of rotatable bonds is 16. The van der Waals surface area contributed by atoms with Crippen LogP contribution in [0.3, 0.4) is 0 Å². The van der Waals surface area contributed by atoms with Crippen LogP contribution in [0.4, 0.5) is 10.1 Å². The Morgan fingerprint density at radius 2 is 1.53 bits per heavy atom. The molecular formula is C32H40FN3O6S. The number of halogens is 1. The first kappa shape index (κ1) is 33.4. The molecule has 0 bridgehead atoms. The van der Waals surface area contributed by atoms with Crippen molar-refractivity contribution in [2.24, 2.45) is 0 Å². The minimum atomic E-state index is -4.29. The number of nitrogens with zero attached hydrogens (tertiary/aromatic N) is 2. The van der Waals surface area contributed by atoms with E-state index in [4.69, 9.17) is 9.47 Å². The van der Waals surface area contributed by atoms with Gasteiger partial charge in [0.2, 0.25) is 11.8 Å². The number of nitrogens with one attached hydrogen (secondary N) is 1. The molecule has 3 aromatic rings. The maximum atomic E-state index is 14.1. The Kier molecular flexibility index (Phi) is 12.4. The number of hydrogen-bond acceptors (Lipinski definition) is 6. The highest BCUT2D eigenvalue weighted by Crippen LogP contribution is 2.27. The van der Waals surface area contributed by atoms with Gasteiger partial charge < -0.3 is 19.7 Å². The van der Waals surface area contributed by atoms with Crippen molar-refractivity contribution in [1.29, 1.82) is 0 Å². The van der Waals surface area contributed by atoms with Crippen LogP contribution >= 0.6 is 0 Å². The van der Waals surface area contributed by atoms with Gasteiger partial charge in [0.25, 0.3) is 10.0 Å². The predicted molar refractivity (Wildman–Crippen MR) is 164 cm³/mol. The zero-order valence-corrected chi connectivity index (χ0v) is 25.9. The molecule has 11 heteroatoms. The van der Waals surface area contributed by atoms with Crippen molar-refractivity contribution >= 4 is 27.5 Å². The molecule has 0 unspecified atom stereocenters. The van der Waals surface area contributed by atoms with Gasteiger partial charge in [-0.1, -0.05) is 32.4 Å². The summed E-state index contributed by atoms with van der Waals surface area (Å²) < 4.78 is 53.3. The number of sulfonamides is 1. The second kappa shape index (κ2) is 15.9. The highest BCUT2D eigenvalue weighted by Gasteiger charge is 2.33. The fraction of sp³-hybridized carbons (Fsp3) is 0.375. The van der Waals surface area contributed by atoms with Crippen LogP contribution < -0.4 is 19.1 Å². The number of methoxy groups -OCH3 is 1. The number of carbonyl (C=O) groups is 2. The van der Waals surface area contributed by atoms with Crippen LogP contribution in [0, 0.1) is 5.82 Å². The van der Waals surface area contributed by atoms with Gasteiger partial charge in [-0.25, -0.2) is 12.8 Å². The van der Waals surface area contributed by atoms with Gasteiger partial charge >= 0.3 is 0 Å². The Balaban J connectivity index is 2.02. The summed E-state index contributed by atoms with van der Waals surface area (Å²) in [4.78, 5) is 28.7. The molecule has 9 nitrogen and oxygen atoms in total. The summed E-state index contributed by atoms with van der Waals surface area (Å²) >= 11 is 0. The van der Waals surface area contributed by atoms with Gasteiger partial charge in [0.05, 0.1) is 24.3 Å². The summed E-state index contributed by atoms with van der Waals surface area (Å²) in [5.74, 6) is -0.330. The standard InChI is InChI=1S/C32H40FN3O6S/c1-5-8-21-34-32(38)30(6-2)35(22-24-9-15-27(41-4)16-10-24)31(37)23-36(26-13-11-25(33)12-14-26)43(39,40)29-19-17-28(18-20-29)42-7-3/h9-20,30H,5-8,21-23H2,1-4H3,(H,34,38)/t30-/m1/s1. The molecule has 0 aliphatic rings. The molecule has 3 aromatic carbocycles. The second-order valence-electron chi connectivity index (χ2n) is 9.83. The van der Waals surface area contributed by atoms with Crippen LogP contribution in [0.2, 0.25) is 0 Å². The largest absolute Gasteiger partial charge is 0.497 e. The molecular weight excluding hydrogens is 573 g/mol. The van der Waals surface area contributed by atoms with Gasteiger partial charge in [-0.05, 0) is 86.0 Å². The van der Waals surface area contributed by atoms with Crippen LogP contribution in [0.1, 0.15) is 45.6 Å². The molecule has 2 amide bonds. The molecule has 0 heterocycles. The Morgan fingerprint density at radius 1 is 0.907 bits per heavy atom. The number of benzene rings is 3. The van der Waals surface area contributed by atoms with E-state index in [1.54, 1.807) is 38.3 Å². The lowest BCUT2D eigenvalue weighted by Crippen LogP contribution is -2.52. The van der Waals surface area contributed by atoms with E-state index < -0.39 is 34.3 Å². The molecule has 3 rings (SSSR count). The lowest BCUT2D eigenvalue weighted by molar-refractivity contribution is -0.140. The number of anilines is 1. The molecule has 0 radical (unpaired) electrons. The maximum absolute atomic E-state index is 14.1. The minimum absolute atomic E-state index is 0.0584. The quantitative estimate of drug-likeness (QED) is 0.224. The van der Waals surface area contributed by atoms with Crippen LogP contribution in [0.5, 0.6) is 11.5 Å². The molecule has 0 fully saturated rings. The normalized spacial score (nSPS) is 11.8. The number of carbonyl (C=O) groups excluding carboxylic acids is 2. The van der Waals surface area contributed by atoms with Crippen molar-refractivity contribution in [1.82, 2.24) is 10.2 Å². The van der Waals surface area contributed by atoms with Crippen molar-refractivity contribution in [2.75, 3.05) is 31.1 Å². The van der Waals surface area contributed by atoms with Crippen LogP contribution in [0.25, 0.3) is 0 Å². The SMILES string of the molecule is CCCCNC(=O)[C@@H](CC)N(Cc1ccc(OC)cc1)C(=O)CN(c1ccc(F)cc1)S(=O)(=O)c1ccc(OCC)cc1. The Bertz CT molecular complexity index is 1430. The average Bonchev–Trinajstić information content (AvgIpc) is 3.01. The van der Waals surface area contributed by atoms with E-state index >= 15 is 0 Å². The topological polar surface area (TPSA) is 105 Å². The Labute approximate surface area is 253 Å². The van der Waals surface area contributed by atoms with Crippen molar-refractivity contribution in [2.45, 2.75) is 57.5 Å². The van der Waals surface area contributed by atoms with Crippen molar-refractivity contribution in [3.63, 3.8) is 0 Å². The summed E-state index contributed by atoms with van der Waals surface area (Å²) in [7, 11) is -2.74. The summed E-state index contributed by atoms with van der Waals surface area (Å²) in [6, 6.07) is 16.9. The number of hydrogen-bond donors (Lipinski definition) is 1. The van der Waals surface area contributed by atoms with Gasteiger partial charge in [0.15, 0.2) is 0 Å². The highest BCUT2D eigenvalue weighted by atomic mass is 32.2. The first-order chi connectivity index (χ1) is 20.6. The van der Waals surface area contributed by atoms with E-state index in [0.29, 0.717) is 31.1 Å². The zero-order chi connectivity index (χ0) is 31.4. The van der Waals surface area contributed by atoms with Gasteiger partial charge in [0, 0.05) is 13.1 Å².